The number of hydrogen-bond acceptors (Lipinski definition) is 4. The molecule has 0 saturated heterocycles. The van der Waals surface area contributed by atoms with Crippen LogP contribution < -0.4 is 9.46 Å². The van der Waals surface area contributed by atoms with Crippen LogP contribution in [0.3, 0.4) is 0 Å². The van der Waals surface area contributed by atoms with E-state index in [1.807, 2.05) is 31.2 Å². The summed E-state index contributed by atoms with van der Waals surface area (Å²) in [5, 5.41) is 8.96. The highest BCUT2D eigenvalue weighted by Crippen LogP contribution is 2.31. The molecule has 0 fully saturated rings. The summed E-state index contributed by atoms with van der Waals surface area (Å²) in [6.07, 6.45) is 0. The van der Waals surface area contributed by atoms with Gasteiger partial charge in [0.2, 0.25) is 0 Å². The van der Waals surface area contributed by atoms with Gasteiger partial charge >= 0.3 is 0 Å². The highest BCUT2D eigenvalue weighted by molar-refractivity contribution is 7.92. The van der Waals surface area contributed by atoms with Crippen LogP contribution >= 0.6 is 0 Å². The maximum absolute atomic E-state index is 12.7. The molecule has 6 heteroatoms. The van der Waals surface area contributed by atoms with Gasteiger partial charge in [-0.15, -0.1) is 0 Å². The smallest absolute Gasteiger partial charge is 0.262 e. The van der Waals surface area contributed by atoms with E-state index in [1.54, 1.807) is 36.4 Å². The third kappa shape index (κ3) is 4.02. The summed E-state index contributed by atoms with van der Waals surface area (Å²) in [4.78, 5) is 0.0157. The number of ether oxygens (including phenoxy) is 1. The largest absolute Gasteiger partial charge is 0.455 e. The lowest BCUT2D eigenvalue weighted by atomic mass is 10.2. The van der Waals surface area contributed by atoms with E-state index >= 15 is 0 Å². The van der Waals surface area contributed by atoms with Gasteiger partial charge in [-0.1, -0.05) is 30.3 Å². The summed E-state index contributed by atoms with van der Waals surface area (Å²) in [5.41, 5.74) is 1.63. The van der Waals surface area contributed by atoms with Crippen LogP contribution in [0.2, 0.25) is 0 Å². The van der Waals surface area contributed by atoms with E-state index in [4.69, 9.17) is 10.00 Å². The minimum Gasteiger partial charge on any atom is -0.455 e. The molecule has 0 aliphatic carbocycles. The number of aryl methyl sites for hydroxylation is 1. The molecule has 0 aliphatic heterocycles. The fraction of sp³-hybridized carbons (Fsp3) is 0.0500. The van der Waals surface area contributed by atoms with Crippen molar-refractivity contribution in [2.24, 2.45) is 0 Å². The van der Waals surface area contributed by atoms with Crippen molar-refractivity contribution >= 4 is 15.7 Å². The molecule has 26 heavy (non-hydrogen) atoms. The first-order valence-corrected chi connectivity index (χ1v) is 9.33. The molecule has 5 nitrogen and oxygen atoms in total. The van der Waals surface area contributed by atoms with Gasteiger partial charge in [0.1, 0.15) is 5.75 Å². The van der Waals surface area contributed by atoms with Crippen LogP contribution in [0.15, 0.2) is 77.7 Å². The molecule has 0 radical (unpaired) electrons. The van der Waals surface area contributed by atoms with Crippen LogP contribution in [0.25, 0.3) is 0 Å². The molecule has 0 atom stereocenters. The van der Waals surface area contributed by atoms with Crippen LogP contribution in [0, 0.1) is 18.3 Å². The minimum atomic E-state index is -3.85. The summed E-state index contributed by atoms with van der Waals surface area (Å²) in [5.74, 6) is 1.00. The second kappa shape index (κ2) is 7.30. The molecule has 3 aromatic rings. The molecule has 0 heterocycles. The topological polar surface area (TPSA) is 79.2 Å². The number of nitrogens with one attached hydrogen (secondary N) is 1. The van der Waals surface area contributed by atoms with E-state index < -0.39 is 10.0 Å². The van der Waals surface area contributed by atoms with Crippen molar-refractivity contribution in [1.29, 1.82) is 5.26 Å². The zero-order valence-electron chi connectivity index (χ0n) is 14.0. The first-order chi connectivity index (χ1) is 12.5. The predicted molar refractivity (Wildman–Crippen MR) is 99.7 cm³/mol. The Labute approximate surface area is 152 Å². The number of anilines is 1. The molecular weight excluding hydrogens is 348 g/mol. The van der Waals surface area contributed by atoms with Crippen molar-refractivity contribution in [2.75, 3.05) is 4.72 Å². The Morgan fingerprint density at radius 2 is 1.73 bits per heavy atom. The van der Waals surface area contributed by atoms with E-state index in [1.165, 1.54) is 18.2 Å². The Morgan fingerprint density at radius 1 is 0.962 bits per heavy atom. The van der Waals surface area contributed by atoms with Gasteiger partial charge < -0.3 is 4.74 Å². The Balaban J connectivity index is 1.91. The lowest BCUT2D eigenvalue weighted by Crippen LogP contribution is -2.13. The third-order valence-corrected chi connectivity index (χ3v) is 4.99. The summed E-state index contributed by atoms with van der Waals surface area (Å²) in [7, 11) is -3.85. The van der Waals surface area contributed by atoms with E-state index in [9.17, 15) is 8.42 Å². The lowest BCUT2D eigenvalue weighted by Gasteiger charge is -2.14. The van der Waals surface area contributed by atoms with Crippen molar-refractivity contribution < 1.29 is 13.2 Å². The van der Waals surface area contributed by atoms with Crippen LogP contribution in [-0.4, -0.2) is 8.42 Å². The average Bonchev–Trinajstić information content (AvgIpc) is 2.63. The predicted octanol–water partition coefficient (Wildman–Crippen LogP) is 4.46. The second-order valence-electron chi connectivity index (χ2n) is 5.66. The number of nitrogens with zero attached hydrogens (tertiary/aromatic N) is 1. The Morgan fingerprint density at radius 3 is 2.50 bits per heavy atom. The van der Waals surface area contributed by atoms with Crippen LogP contribution in [0.1, 0.15) is 11.1 Å². The molecule has 0 bridgehead atoms. The van der Waals surface area contributed by atoms with Crippen molar-refractivity contribution in [3.8, 4) is 17.6 Å². The monoisotopic (exact) mass is 364 g/mol. The second-order valence-corrected chi connectivity index (χ2v) is 7.34. The van der Waals surface area contributed by atoms with Crippen LogP contribution in [0.5, 0.6) is 11.5 Å². The molecule has 0 unspecified atom stereocenters. The molecule has 3 rings (SSSR count). The summed E-state index contributed by atoms with van der Waals surface area (Å²) in [6.45, 7) is 1.95. The zero-order chi connectivity index (χ0) is 18.6. The third-order valence-electron chi connectivity index (χ3n) is 3.62. The van der Waals surface area contributed by atoms with Crippen LogP contribution in [-0.2, 0) is 10.0 Å². The van der Waals surface area contributed by atoms with Gasteiger partial charge in [0.25, 0.3) is 10.0 Å². The molecule has 0 amide bonds. The Hall–Kier alpha value is -3.30. The van der Waals surface area contributed by atoms with Gasteiger partial charge in [0.05, 0.1) is 22.2 Å². The molecule has 1 N–H and O–H groups in total. The fourth-order valence-electron chi connectivity index (χ4n) is 2.38. The number of nitriles is 1. The molecule has 0 spiro atoms. The highest BCUT2D eigenvalue weighted by atomic mass is 32.2. The number of rotatable bonds is 5. The zero-order valence-corrected chi connectivity index (χ0v) is 14.8. The van der Waals surface area contributed by atoms with Crippen molar-refractivity contribution in [3.63, 3.8) is 0 Å². The maximum atomic E-state index is 12.7. The molecule has 0 aliphatic rings. The number of benzene rings is 3. The van der Waals surface area contributed by atoms with Crippen molar-refractivity contribution in [1.82, 2.24) is 0 Å². The number of hydrogen-bond donors (Lipinski definition) is 1. The summed E-state index contributed by atoms with van der Waals surface area (Å²) >= 11 is 0. The average molecular weight is 364 g/mol. The summed E-state index contributed by atoms with van der Waals surface area (Å²) < 4.78 is 33.7. The number of sulfonamides is 1. The minimum absolute atomic E-state index is 0.0157. The first-order valence-electron chi connectivity index (χ1n) is 7.84. The maximum Gasteiger partial charge on any atom is 0.262 e. The molecule has 130 valence electrons. The lowest BCUT2D eigenvalue weighted by molar-refractivity contribution is 0.484. The van der Waals surface area contributed by atoms with Crippen molar-refractivity contribution in [2.45, 2.75) is 11.8 Å². The van der Waals surface area contributed by atoms with Crippen molar-refractivity contribution in [3.05, 3.63) is 83.9 Å². The van der Waals surface area contributed by atoms with Gasteiger partial charge in [0.15, 0.2) is 5.75 Å². The van der Waals surface area contributed by atoms with Gasteiger partial charge in [-0.25, -0.2) is 8.42 Å². The Kier molecular flexibility index (Phi) is 4.92. The normalized spacial score (nSPS) is 10.8. The van der Waals surface area contributed by atoms with Crippen LogP contribution in [0.4, 0.5) is 5.69 Å². The van der Waals surface area contributed by atoms with Gasteiger partial charge in [0, 0.05) is 0 Å². The van der Waals surface area contributed by atoms with E-state index in [0.29, 0.717) is 17.2 Å². The van der Waals surface area contributed by atoms with Gasteiger partial charge in [-0.05, 0) is 55.0 Å². The van der Waals surface area contributed by atoms with Gasteiger partial charge in [-0.2, -0.15) is 5.26 Å². The quantitative estimate of drug-likeness (QED) is 0.725. The van der Waals surface area contributed by atoms with E-state index in [-0.39, 0.29) is 10.5 Å². The fourth-order valence-corrected chi connectivity index (χ4v) is 3.50. The van der Waals surface area contributed by atoms with Gasteiger partial charge in [-0.3, -0.25) is 4.72 Å². The SMILES string of the molecule is Cc1cccc(Oc2ccccc2NS(=O)(=O)c2cccc(C#N)c2)c1. The molecular formula is C20H16N2O3S. The van der Waals surface area contributed by atoms with E-state index in [0.717, 1.165) is 5.56 Å². The standard InChI is InChI=1S/C20H16N2O3S/c1-15-6-4-8-17(12-15)25-20-11-3-2-10-19(20)22-26(23,24)18-9-5-7-16(13-18)14-21/h2-13,22H,1H3. The molecule has 0 saturated carbocycles. The first kappa shape index (κ1) is 17.5. The molecule has 3 aromatic carbocycles. The Bertz CT molecular complexity index is 1090. The number of para-hydroxylation sites is 2. The highest BCUT2D eigenvalue weighted by Gasteiger charge is 2.17. The summed E-state index contributed by atoms with van der Waals surface area (Å²) in [6, 6.07) is 22.0. The van der Waals surface area contributed by atoms with E-state index in [2.05, 4.69) is 4.72 Å². The molecule has 0 aromatic heterocycles.